The molecule has 5 nitrogen and oxygen atoms in total. The van der Waals surface area contributed by atoms with Crippen molar-refractivity contribution in [1.82, 2.24) is 10.3 Å². The van der Waals surface area contributed by atoms with Gasteiger partial charge in [0.25, 0.3) is 5.91 Å². The zero-order valence-corrected chi connectivity index (χ0v) is 10.7. The van der Waals surface area contributed by atoms with Gasteiger partial charge in [0.1, 0.15) is 11.4 Å². The summed E-state index contributed by atoms with van der Waals surface area (Å²) in [6.07, 6.45) is 3.13. The molecule has 0 atom stereocenters. The second kappa shape index (κ2) is 7.42. The van der Waals surface area contributed by atoms with Gasteiger partial charge in [-0.15, -0.1) is 0 Å². The lowest BCUT2D eigenvalue weighted by Gasteiger charge is -2.05. The number of pyridine rings is 1. The molecule has 0 aliphatic heterocycles. The summed E-state index contributed by atoms with van der Waals surface area (Å²) < 4.78 is 4.55. The van der Waals surface area contributed by atoms with Gasteiger partial charge < -0.3 is 10.1 Å². The first-order chi connectivity index (χ1) is 8.69. The van der Waals surface area contributed by atoms with Crippen LogP contribution < -0.4 is 5.32 Å². The summed E-state index contributed by atoms with van der Waals surface area (Å²) in [6, 6.07) is 4.70. The second-order valence-corrected chi connectivity index (χ2v) is 3.86. The van der Waals surface area contributed by atoms with Gasteiger partial charge in [0.2, 0.25) is 0 Å². The summed E-state index contributed by atoms with van der Waals surface area (Å²) in [4.78, 5) is 27.0. The molecular weight excluding hydrogens is 232 g/mol. The molecule has 5 heteroatoms. The van der Waals surface area contributed by atoms with Crippen LogP contribution in [0.5, 0.6) is 0 Å². The molecule has 1 heterocycles. The Morgan fingerprint density at radius 3 is 2.67 bits per heavy atom. The lowest BCUT2D eigenvalue weighted by Crippen LogP contribution is -2.26. The number of hydrogen-bond donors (Lipinski definition) is 1. The number of hydrogen-bond acceptors (Lipinski definition) is 4. The maximum Gasteiger partial charge on any atom is 0.356 e. The van der Waals surface area contributed by atoms with Gasteiger partial charge in [-0.2, -0.15) is 0 Å². The Labute approximate surface area is 107 Å². The number of aromatic nitrogens is 1. The largest absolute Gasteiger partial charge is 0.464 e. The number of nitrogens with zero attached hydrogens (tertiary/aromatic N) is 1. The van der Waals surface area contributed by atoms with E-state index in [2.05, 4.69) is 22.0 Å². The van der Waals surface area contributed by atoms with Crippen LogP contribution in [-0.4, -0.2) is 30.5 Å². The van der Waals surface area contributed by atoms with Crippen molar-refractivity contribution in [2.45, 2.75) is 26.2 Å². The minimum absolute atomic E-state index is 0.138. The maximum atomic E-state index is 11.7. The molecule has 1 aromatic heterocycles. The smallest absolute Gasteiger partial charge is 0.356 e. The van der Waals surface area contributed by atoms with Gasteiger partial charge in [-0.1, -0.05) is 25.8 Å². The van der Waals surface area contributed by atoms with Gasteiger partial charge in [-0.3, -0.25) is 4.79 Å². The maximum absolute atomic E-state index is 11.7. The molecule has 0 saturated carbocycles. The average Bonchev–Trinajstić information content (AvgIpc) is 2.42. The molecule has 18 heavy (non-hydrogen) atoms. The monoisotopic (exact) mass is 250 g/mol. The van der Waals surface area contributed by atoms with Crippen molar-refractivity contribution in [2.24, 2.45) is 0 Å². The fourth-order valence-electron chi connectivity index (χ4n) is 1.45. The van der Waals surface area contributed by atoms with Crippen LogP contribution >= 0.6 is 0 Å². The van der Waals surface area contributed by atoms with Crippen molar-refractivity contribution in [3.63, 3.8) is 0 Å². The summed E-state index contributed by atoms with van der Waals surface area (Å²) in [5.74, 6) is -0.813. The molecule has 0 spiro atoms. The molecule has 0 aliphatic carbocycles. The number of ether oxygens (including phenoxy) is 1. The van der Waals surface area contributed by atoms with E-state index in [-0.39, 0.29) is 17.3 Å². The zero-order valence-electron chi connectivity index (χ0n) is 10.7. The van der Waals surface area contributed by atoms with Crippen molar-refractivity contribution >= 4 is 11.9 Å². The normalized spacial score (nSPS) is 9.89. The summed E-state index contributed by atoms with van der Waals surface area (Å²) in [6.45, 7) is 2.72. The van der Waals surface area contributed by atoms with E-state index < -0.39 is 5.97 Å². The first-order valence-corrected chi connectivity index (χ1v) is 6.02. The van der Waals surface area contributed by atoms with Crippen LogP contribution in [-0.2, 0) is 4.74 Å². The van der Waals surface area contributed by atoms with Gasteiger partial charge in [-0.25, -0.2) is 9.78 Å². The van der Waals surface area contributed by atoms with Gasteiger partial charge in [0.15, 0.2) is 0 Å². The average molecular weight is 250 g/mol. The van der Waals surface area contributed by atoms with Crippen LogP contribution in [0.3, 0.4) is 0 Å². The summed E-state index contributed by atoms with van der Waals surface area (Å²) in [7, 11) is 1.28. The van der Waals surface area contributed by atoms with Gasteiger partial charge in [0, 0.05) is 6.54 Å². The van der Waals surface area contributed by atoms with Crippen LogP contribution in [0.15, 0.2) is 18.2 Å². The van der Waals surface area contributed by atoms with E-state index in [1.165, 1.54) is 13.2 Å². The van der Waals surface area contributed by atoms with Gasteiger partial charge >= 0.3 is 5.97 Å². The van der Waals surface area contributed by atoms with Crippen molar-refractivity contribution < 1.29 is 14.3 Å². The number of carbonyl (C=O) groups excluding carboxylic acids is 2. The van der Waals surface area contributed by atoms with E-state index in [0.717, 1.165) is 19.3 Å². The molecule has 0 unspecified atom stereocenters. The minimum atomic E-state index is -0.546. The predicted octanol–water partition coefficient (Wildman–Crippen LogP) is 1.79. The molecule has 1 N–H and O–H groups in total. The fraction of sp³-hybridized carbons (Fsp3) is 0.462. The highest BCUT2D eigenvalue weighted by molar-refractivity contribution is 5.94. The lowest BCUT2D eigenvalue weighted by molar-refractivity contribution is 0.0594. The first kappa shape index (κ1) is 14.2. The third-order valence-corrected chi connectivity index (χ3v) is 2.44. The molecule has 1 amide bonds. The van der Waals surface area contributed by atoms with Crippen LogP contribution in [0, 0.1) is 0 Å². The Bertz CT molecular complexity index is 418. The zero-order chi connectivity index (χ0) is 13.4. The molecule has 0 bridgehead atoms. The number of methoxy groups -OCH3 is 1. The third kappa shape index (κ3) is 4.16. The topological polar surface area (TPSA) is 68.3 Å². The molecule has 1 aromatic rings. The number of esters is 1. The third-order valence-electron chi connectivity index (χ3n) is 2.44. The summed E-state index contributed by atoms with van der Waals surface area (Å²) in [5.41, 5.74) is 0.369. The second-order valence-electron chi connectivity index (χ2n) is 3.86. The van der Waals surface area contributed by atoms with E-state index in [1.807, 2.05) is 0 Å². The Hall–Kier alpha value is -1.91. The molecule has 0 aliphatic rings. The standard InChI is InChI=1S/C13H18N2O3/c1-3-4-5-9-14-12(16)10-7-6-8-11(15-10)13(17)18-2/h6-8H,3-5,9H2,1-2H3,(H,14,16). The van der Waals surface area contributed by atoms with Crippen LogP contribution in [0.2, 0.25) is 0 Å². The van der Waals surface area contributed by atoms with E-state index in [1.54, 1.807) is 12.1 Å². The molecule has 0 radical (unpaired) electrons. The summed E-state index contributed by atoms with van der Waals surface area (Å²) >= 11 is 0. The quantitative estimate of drug-likeness (QED) is 0.617. The van der Waals surface area contributed by atoms with Crippen molar-refractivity contribution in [3.05, 3.63) is 29.6 Å². The predicted molar refractivity (Wildman–Crippen MR) is 67.4 cm³/mol. The molecular formula is C13H18N2O3. The molecule has 1 rings (SSSR count). The van der Waals surface area contributed by atoms with Crippen molar-refractivity contribution in [3.8, 4) is 0 Å². The number of rotatable bonds is 6. The fourth-order valence-corrected chi connectivity index (χ4v) is 1.45. The number of carbonyl (C=O) groups is 2. The van der Waals surface area contributed by atoms with Crippen molar-refractivity contribution in [1.29, 1.82) is 0 Å². The summed E-state index contributed by atoms with van der Waals surface area (Å²) in [5, 5.41) is 2.76. The highest BCUT2D eigenvalue weighted by Crippen LogP contribution is 2.01. The Morgan fingerprint density at radius 2 is 2.00 bits per heavy atom. The molecule has 0 fully saturated rings. The molecule has 0 aromatic carbocycles. The highest BCUT2D eigenvalue weighted by Gasteiger charge is 2.11. The van der Waals surface area contributed by atoms with Crippen molar-refractivity contribution in [2.75, 3.05) is 13.7 Å². The van der Waals surface area contributed by atoms with Gasteiger partial charge in [-0.05, 0) is 18.6 Å². The minimum Gasteiger partial charge on any atom is -0.464 e. The van der Waals surface area contributed by atoms with E-state index in [9.17, 15) is 9.59 Å². The van der Waals surface area contributed by atoms with Gasteiger partial charge in [0.05, 0.1) is 7.11 Å². The Balaban J connectivity index is 2.60. The number of unbranched alkanes of at least 4 members (excludes halogenated alkanes) is 2. The lowest BCUT2D eigenvalue weighted by atomic mass is 10.2. The highest BCUT2D eigenvalue weighted by atomic mass is 16.5. The SMILES string of the molecule is CCCCCNC(=O)c1cccc(C(=O)OC)n1. The Kier molecular flexibility index (Phi) is 5.84. The number of nitrogens with one attached hydrogen (secondary N) is 1. The van der Waals surface area contributed by atoms with E-state index in [0.29, 0.717) is 6.54 Å². The number of amides is 1. The molecule has 98 valence electrons. The van der Waals surface area contributed by atoms with E-state index in [4.69, 9.17) is 0 Å². The van der Waals surface area contributed by atoms with E-state index >= 15 is 0 Å². The first-order valence-electron chi connectivity index (χ1n) is 6.02. The van der Waals surface area contributed by atoms with Crippen LogP contribution in [0.25, 0.3) is 0 Å². The van der Waals surface area contributed by atoms with Crippen LogP contribution in [0.1, 0.15) is 47.2 Å². The molecule has 0 saturated heterocycles. The Morgan fingerprint density at radius 1 is 1.28 bits per heavy atom. The van der Waals surface area contributed by atoms with Crippen LogP contribution in [0.4, 0.5) is 0 Å².